The molecule has 0 atom stereocenters. The molecule has 4 nitrogen and oxygen atoms in total. The lowest BCUT2D eigenvalue weighted by Gasteiger charge is -2.07. The van der Waals surface area contributed by atoms with E-state index in [9.17, 15) is 5.11 Å². The number of phenolic OH excluding ortho intramolecular Hbond substituents is 1. The largest absolute Gasteiger partial charge is 0.506 e. The first-order valence-electron chi connectivity index (χ1n) is 5.07. The van der Waals surface area contributed by atoms with Crippen LogP contribution in [-0.4, -0.2) is 28.4 Å². The molecule has 4 heteroatoms. The van der Waals surface area contributed by atoms with E-state index in [1.807, 2.05) is 12.1 Å². The van der Waals surface area contributed by atoms with Gasteiger partial charge in [-0.2, -0.15) is 0 Å². The predicted octanol–water partition coefficient (Wildman–Crippen LogP) is 1.45. The quantitative estimate of drug-likeness (QED) is 0.764. The van der Waals surface area contributed by atoms with Crippen molar-refractivity contribution in [2.24, 2.45) is 0 Å². The second kappa shape index (κ2) is 4.92. The van der Waals surface area contributed by atoms with E-state index in [-0.39, 0.29) is 12.4 Å². The number of hydrogen-bond acceptors (Lipinski definition) is 4. The number of hydrogen-bond donors (Lipinski definition) is 2. The molecule has 0 spiro atoms. The Morgan fingerprint density at radius 3 is 2.94 bits per heavy atom. The highest BCUT2D eigenvalue weighted by Gasteiger charge is 2.05. The zero-order chi connectivity index (χ0) is 11.4. The summed E-state index contributed by atoms with van der Waals surface area (Å²) in [6.45, 7) is 0.722. The van der Waals surface area contributed by atoms with Crippen molar-refractivity contribution in [3.63, 3.8) is 0 Å². The van der Waals surface area contributed by atoms with Gasteiger partial charge in [0.05, 0.1) is 19.8 Å². The average Bonchev–Trinajstić information content (AvgIpc) is 2.33. The maximum absolute atomic E-state index is 9.62. The third-order valence-corrected chi connectivity index (χ3v) is 2.33. The van der Waals surface area contributed by atoms with Crippen molar-refractivity contribution in [1.29, 1.82) is 0 Å². The third kappa shape index (κ3) is 2.13. The van der Waals surface area contributed by atoms with Crippen LogP contribution in [-0.2, 0) is 11.3 Å². The van der Waals surface area contributed by atoms with Crippen LogP contribution in [0, 0.1) is 0 Å². The molecule has 2 aromatic rings. The predicted molar refractivity (Wildman–Crippen MR) is 60.1 cm³/mol. The van der Waals surface area contributed by atoms with Crippen LogP contribution >= 0.6 is 0 Å². The van der Waals surface area contributed by atoms with Gasteiger partial charge in [-0.25, -0.2) is 0 Å². The molecule has 2 rings (SSSR count). The molecule has 2 N–H and O–H groups in total. The summed E-state index contributed by atoms with van der Waals surface area (Å²) < 4.78 is 5.26. The van der Waals surface area contributed by atoms with Crippen molar-refractivity contribution < 1.29 is 14.9 Å². The zero-order valence-electron chi connectivity index (χ0n) is 8.76. The van der Waals surface area contributed by atoms with E-state index < -0.39 is 0 Å². The molecule has 0 unspecified atom stereocenters. The van der Waals surface area contributed by atoms with Crippen molar-refractivity contribution >= 4 is 10.9 Å². The Morgan fingerprint density at radius 1 is 1.25 bits per heavy atom. The fourth-order valence-corrected chi connectivity index (χ4v) is 1.59. The van der Waals surface area contributed by atoms with Gasteiger partial charge in [0.2, 0.25) is 0 Å². The van der Waals surface area contributed by atoms with Gasteiger partial charge in [0.1, 0.15) is 11.3 Å². The van der Waals surface area contributed by atoms with Crippen LogP contribution in [0.1, 0.15) is 5.56 Å². The molecule has 0 bridgehead atoms. The lowest BCUT2D eigenvalue weighted by molar-refractivity contribution is 0.0821. The summed E-state index contributed by atoms with van der Waals surface area (Å²) in [5.74, 6) is 0.168. The van der Waals surface area contributed by atoms with Gasteiger partial charge in [0, 0.05) is 11.6 Å². The van der Waals surface area contributed by atoms with Crippen LogP contribution in [0.4, 0.5) is 0 Å². The number of aromatic nitrogens is 1. The van der Waals surface area contributed by atoms with Crippen molar-refractivity contribution in [1.82, 2.24) is 4.98 Å². The smallest absolute Gasteiger partial charge is 0.141 e. The SMILES string of the molecule is OCCOCc1ccc(O)c2ncccc12. The Balaban J connectivity index is 2.35. The maximum atomic E-state index is 9.62. The number of phenols is 1. The molecule has 0 saturated carbocycles. The minimum absolute atomic E-state index is 0.00820. The number of aliphatic hydroxyl groups excluding tert-OH is 1. The average molecular weight is 219 g/mol. The minimum atomic E-state index is 0.00820. The van der Waals surface area contributed by atoms with Crippen LogP contribution in [0.3, 0.4) is 0 Å². The highest BCUT2D eigenvalue weighted by Crippen LogP contribution is 2.25. The summed E-state index contributed by atoms with van der Waals surface area (Å²) in [5, 5.41) is 19.1. The van der Waals surface area contributed by atoms with E-state index in [0.717, 1.165) is 10.9 Å². The molecule has 0 aliphatic heterocycles. The van der Waals surface area contributed by atoms with Crippen molar-refractivity contribution in [3.8, 4) is 5.75 Å². The molecule has 0 radical (unpaired) electrons. The number of ether oxygens (including phenoxy) is 1. The van der Waals surface area contributed by atoms with Gasteiger partial charge in [-0.15, -0.1) is 0 Å². The molecule has 1 heterocycles. The van der Waals surface area contributed by atoms with Crippen LogP contribution in [0.15, 0.2) is 30.5 Å². The van der Waals surface area contributed by atoms with Gasteiger partial charge >= 0.3 is 0 Å². The first-order valence-corrected chi connectivity index (χ1v) is 5.07. The summed E-state index contributed by atoms with van der Waals surface area (Å²) in [7, 11) is 0. The number of aliphatic hydroxyl groups is 1. The molecule has 1 aromatic carbocycles. The van der Waals surface area contributed by atoms with Gasteiger partial charge in [0.25, 0.3) is 0 Å². The lowest BCUT2D eigenvalue weighted by atomic mass is 10.1. The minimum Gasteiger partial charge on any atom is -0.506 e. The zero-order valence-corrected chi connectivity index (χ0v) is 8.76. The van der Waals surface area contributed by atoms with Crippen LogP contribution < -0.4 is 0 Å². The fourth-order valence-electron chi connectivity index (χ4n) is 1.59. The number of benzene rings is 1. The van der Waals surface area contributed by atoms with Crippen LogP contribution in [0.5, 0.6) is 5.75 Å². The topological polar surface area (TPSA) is 62.6 Å². The van der Waals surface area contributed by atoms with E-state index in [4.69, 9.17) is 9.84 Å². The van der Waals surface area contributed by atoms with E-state index in [0.29, 0.717) is 18.7 Å². The van der Waals surface area contributed by atoms with Gasteiger partial charge in [-0.1, -0.05) is 12.1 Å². The summed E-state index contributed by atoms with van der Waals surface area (Å²) in [5.41, 5.74) is 1.53. The third-order valence-electron chi connectivity index (χ3n) is 2.33. The highest BCUT2D eigenvalue weighted by molar-refractivity contribution is 5.86. The number of nitrogens with zero attached hydrogens (tertiary/aromatic N) is 1. The molecule has 1 aromatic heterocycles. The Hall–Kier alpha value is -1.65. The van der Waals surface area contributed by atoms with Crippen molar-refractivity contribution in [2.75, 3.05) is 13.2 Å². The lowest BCUT2D eigenvalue weighted by Crippen LogP contribution is -2.00. The first-order chi connectivity index (χ1) is 7.83. The summed E-state index contributed by atoms with van der Waals surface area (Å²) in [6.07, 6.45) is 1.64. The van der Waals surface area contributed by atoms with E-state index in [1.165, 1.54) is 0 Å². The summed E-state index contributed by atoms with van der Waals surface area (Å²) in [6, 6.07) is 7.11. The Kier molecular flexibility index (Phi) is 3.34. The standard InChI is InChI=1S/C12H13NO3/c14-6-7-16-8-9-3-4-11(15)12-10(9)2-1-5-13-12/h1-5,14-15H,6-8H2. The number of fused-ring (bicyclic) bond motifs is 1. The Labute approximate surface area is 93.1 Å². The van der Waals surface area contributed by atoms with Crippen molar-refractivity contribution in [2.45, 2.75) is 6.61 Å². The second-order valence-electron chi connectivity index (χ2n) is 3.42. The van der Waals surface area contributed by atoms with Gasteiger partial charge in [-0.05, 0) is 17.7 Å². The second-order valence-corrected chi connectivity index (χ2v) is 3.42. The number of aromatic hydroxyl groups is 1. The molecule has 0 aliphatic carbocycles. The monoisotopic (exact) mass is 219 g/mol. The van der Waals surface area contributed by atoms with E-state index in [1.54, 1.807) is 18.3 Å². The van der Waals surface area contributed by atoms with E-state index in [2.05, 4.69) is 4.98 Å². The first kappa shape index (κ1) is 10.9. The van der Waals surface area contributed by atoms with E-state index >= 15 is 0 Å². The van der Waals surface area contributed by atoms with Gasteiger partial charge in [-0.3, -0.25) is 4.98 Å². The van der Waals surface area contributed by atoms with Gasteiger partial charge < -0.3 is 14.9 Å². The molecular weight excluding hydrogens is 206 g/mol. The summed E-state index contributed by atoms with van der Waals surface area (Å²) in [4.78, 5) is 4.11. The molecule has 0 aliphatic rings. The molecule has 84 valence electrons. The molecular formula is C12H13NO3. The van der Waals surface area contributed by atoms with Gasteiger partial charge in [0.15, 0.2) is 0 Å². The van der Waals surface area contributed by atoms with Crippen LogP contribution in [0.25, 0.3) is 10.9 Å². The number of pyridine rings is 1. The Bertz CT molecular complexity index is 485. The van der Waals surface area contributed by atoms with Crippen molar-refractivity contribution in [3.05, 3.63) is 36.0 Å². The number of rotatable bonds is 4. The maximum Gasteiger partial charge on any atom is 0.141 e. The fraction of sp³-hybridized carbons (Fsp3) is 0.250. The molecule has 0 saturated heterocycles. The van der Waals surface area contributed by atoms with Crippen LogP contribution in [0.2, 0.25) is 0 Å². The highest BCUT2D eigenvalue weighted by atomic mass is 16.5. The molecule has 16 heavy (non-hydrogen) atoms. The molecule has 0 amide bonds. The molecule has 0 fully saturated rings. The Morgan fingerprint density at radius 2 is 2.12 bits per heavy atom. The normalized spacial score (nSPS) is 10.8. The summed E-state index contributed by atoms with van der Waals surface area (Å²) >= 11 is 0.